The average molecular weight is 315 g/mol. The van der Waals surface area contributed by atoms with Crippen LogP contribution in [0.15, 0.2) is 28.7 Å². The van der Waals surface area contributed by atoms with Crippen LogP contribution >= 0.6 is 0 Å². The number of nitrogens with one attached hydrogen (secondary N) is 1. The summed E-state index contributed by atoms with van der Waals surface area (Å²) >= 11 is 0. The van der Waals surface area contributed by atoms with Gasteiger partial charge < -0.3 is 14.6 Å². The predicted molar refractivity (Wildman–Crippen MR) is 88.8 cm³/mol. The number of piperazine rings is 1. The van der Waals surface area contributed by atoms with Crippen molar-refractivity contribution in [2.45, 2.75) is 6.92 Å². The van der Waals surface area contributed by atoms with Gasteiger partial charge in [0.2, 0.25) is 5.91 Å². The molecular weight excluding hydrogens is 294 g/mol. The molecule has 0 radical (unpaired) electrons. The van der Waals surface area contributed by atoms with E-state index in [0.717, 1.165) is 31.6 Å². The second-order valence-corrected chi connectivity index (χ2v) is 5.99. The number of benzene rings is 1. The largest absolute Gasteiger partial charge is 0.451 e. The van der Waals surface area contributed by atoms with Gasteiger partial charge in [-0.05, 0) is 19.2 Å². The number of rotatable bonds is 4. The molecule has 1 aliphatic heterocycles. The third-order valence-electron chi connectivity index (χ3n) is 4.14. The number of ketones is 1. The fourth-order valence-electron chi connectivity index (χ4n) is 2.81. The van der Waals surface area contributed by atoms with Crippen LogP contribution in [0.3, 0.4) is 0 Å². The van der Waals surface area contributed by atoms with Crippen LogP contribution in [0.4, 0.5) is 5.69 Å². The highest BCUT2D eigenvalue weighted by atomic mass is 16.3. The number of anilines is 1. The lowest BCUT2D eigenvalue weighted by atomic mass is 10.2. The van der Waals surface area contributed by atoms with Crippen molar-refractivity contribution in [3.05, 3.63) is 30.0 Å². The molecule has 1 aliphatic rings. The summed E-state index contributed by atoms with van der Waals surface area (Å²) in [6.45, 7) is 5.42. The molecule has 1 aromatic heterocycles. The van der Waals surface area contributed by atoms with Crippen molar-refractivity contribution >= 4 is 28.3 Å². The highest BCUT2D eigenvalue weighted by Crippen LogP contribution is 2.31. The maximum absolute atomic E-state index is 12.4. The van der Waals surface area contributed by atoms with Crippen LogP contribution in [0.25, 0.3) is 11.0 Å². The van der Waals surface area contributed by atoms with Crippen molar-refractivity contribution in [2.24, 2.45) is 0 Å². The Morgan fingerprint density at radius 1 is 1.17 bits per heavy atom. The molecular formula is C17H21N3O3. The molecule has 6 nitrogen and oxygen atoms in total. The highest BCUT2D eigenvalue weighted by molar-refractivity contribution is 6.11. The van der Waals surface area contributed by atoms with Gasteiger partial charge in [-0.25, -0.2) is 0 Å². The van der Waals surface area contributed by atoms with E-state index in [4.69, 9.17) is 4.42 Å². The molecule has 0 saturated carbocycles. The molecule has 1 aromatic carbocycles. The molecule has 0 aliphatic carbocycles. The Morgan fingerprint density at radius 2 is 1.87 bits per heavy atom. The molecule has 2 heterocycles. The molecule has 0 bridgehead atoms. The summed E-state index contributed by atoms with van der Waals surface area (Å²) < 4.78 is 5.58. The monoisotopic (exact) mass is 315 g/mol. The molecule has 23 heavy (non-hydrogen) atoms. The molecule has 6 heteroatoms. The minimum absolute atomic E-state index is 0.122. The summed E-state index contributed by atoms with van der Waals surface area (Å²) in [6, 6.07) is 7.33. The first-order valence-corrected chi connectivity index (χ1v) is 7.78. The molecule has 2 aromatic rings. The number of hydrogen-bond donors (Lipinski definition) is 1. The molecule has 1 saturated heterocycles. The van der Waals surface area contributed by atoms with E-state index < -0.39 is 0 Å². The Morgan fingerprint density at radius 3 is 2.57 bits per heavy atom. The second kappa shape index (κ2) is 6.52. The van der Waals surface area contributed by atoms with E-state index in [0.29, 0.717) is 17.8 Å². The first kappa shape index (κ1) is 15.7. The van der Waals surface area contributed by atoms with Crippen molar-refractivity contribution in [2.75, 3.05) is 45.1 Å². The average Bonchev–Trinajstić information content (AvgIpc) is 2.89. The molecule has 0 unspecified atom stereocenters. The standard InChI is InChI=1S/C17H21N3O3/c1-12(21)17-16(13-5-3-4-6-14(13)23-17)18-15(22)11-20-9-7-19(2)8-10-20/h3-6H,7-11H2,1-2H3,(H,18,22). The minimum atomic E-state index is -0.198. The van der Waals surface area contributed by atoms with E-state index in [1.807, 2.05) is 18.2 Å². The lowest BCUT2D eigenvalue weighted by molar-refractivity contribution is -0.117. The summed E-state index contributed by atoms with van der Waals surface area (Å²) in [4.78, 5) is 28.5. The van der Waals surface area contributed by atoms with Crippen molar-refractivity contribution in [3.63, 3.8) is 0 Å². The van der Waals surface area contributed by atoms with Gasteiger partial charge in [0.05, 0.1) is 12.2 Å². The van der Waals surface area contributed by atoms with Gasteiger partial charge in [0.15, 0.2) is 11.5 Å². The van der Waals surface area contributed by atoms with Crippen LogP contribution in [0.5, 0.6) is 0 Å². The van der Waals surface area contributed by atoms with E-state index >= 15 is 0 Å². The van der Waals surface area contributed by atoms with Crippen molar-refractivity contribution in [1.82, 2.24) is 9.80 Å². The Labute approximate surface area is 135 Å². The van der Waals surface area contributed by atoms with Crippen LogP contribution in [-0.2, 0) is 4.79 Å². The van der Waals surface area contributed by atoms with E-state index in [-0.39, 0.29) is 17.5 Å². The number of Topliss-reactive ketones (excluding diaryl/α,β-unsaturated/α-hetero) is 1. The van der Waals surface area contributed by atoms with Crippen LogP contribution in [0.1, 0.15) is 17.5 Å². The number of para-hydroxylation sites is 1. The number of fused-ring (bicyclic) bond motifs is 1. The first-order valence-electron chi connectivity index (χ1n) is 7.78. The number of likely N-dealkylation sites (N-methyl/N-ethyl adjacent to an activating group) is 1. The normalized spacial score (nSPS) is 16.6. The summed E-state index contributed by atoms with van der Waals surface area (Å²) in [6.07, 6.45) is 0. The Hall–Kier alpha value is -2.18. The van der Waals surface area contributed by atoms with Crippen molar-refractivity contribution in [1.29, 1.82) is 0 Å². The van der Waals surface area contributed by atoms with Gasteiger partial charge in [0.25, 0.3) is 0 Å². The zero-order valence-corrected chi connectivity index (χ0v) is 13.5. The smallest absolute Gasteiger partial charge is 0.238 e. The number of hydrogen-bond acceptors (Lipinski definition) is 5. The molecule has 1 fully saturated rings. The van der Waals surface area contributed by atoms with Gasteiger partial charge in [0, 0.05) is 38.5 Å². The maximum Gasteiger partial charge on any atom is 0.238 e. The van der Waals surface area contributed by atoms with Crippen molar-refractivity contribution in [3.8, 4) is 0 Å². The predicted octanol–water partition coefficient (Wildman–Crippen LogP) is 1.82. The summed E-state index contributed by atoms with van der Waals surface area (Å²) in [5, 5.41) is 3.62. The summed E-state index contributed by atoms with van der Waals surface area (Å²) in [7, 11) is 2.08. The van der Waals surface area contributed by atoms with Gasteiger partial charge in [0.1, 0.15) is 5.58 Å². The number of carbonyl (C=O) groups excluding carboxylic acids is 2. The van der Waals surface area contributed by atoms with Gasteiger partial charge in [-0.2, -0.15) is 0 Å². The van der Waals surface area contributed by atoms with Crippen LogP contribution in [0.2, 0.25) is 0 Å². The molecule has 0 atom stereocenters. The van der Waals surface area contributed by atoms with Gasteiger partial charge >= 0.3 is 0 Å². The lowest BCUT2D eigenvalue weighted by Gasteiger charge is -2.31. The Bertz CT molecular complexity index is 730. The lowest BCUT2D eigenvalue weighted by Crippen LogP contribution is -2.47. The molecule has 1 amide bonds. The van der Waals surface area contributed by atoms with Gasteiger partial charge in [-0.1, -0.05) is 12.1 Å². The Kier molecular flexibility index (Phi) is 4.45. The van der Waals surface area contributed by atoms with Gasteiger partial charge in [-0.3, -0.25) is 14.5 Å². The second-order valence-electron chi connectivity index (χ2n) is 5.99. The number of carbonyl (C=O) groups is 2. The third kappa shape index (κ3) is 3.43. The molecule has 0 spiro atoms. The van der Waals surface area contributed by atoms with Gasteiger partial charge in [-0.15, -0.1) is 0 Å². The van der Waals surface area contributed by atoms with Crippen molar-refractivity contribution < 1.29 is 14.0 Å². The zero-order chi connectivity index (χ0) is 16.4. The quantitative estimate of drug-likeness (QED) is 0.872. The number of nitrogens with zero attached hydrogens (tertiary/aromatic N) is 2. The van der Waals surface area contributed by atoms with E-state index in [1.165, 1.54) is 6.92 Å². The van der Waals surface area contributed by atoms with Crippen LogP contribution in [0, 0.1) is 0 Å². The summed E-state index contributed by atoms with van der Waals surface area (Å²) in [5.41, 5.74) is 1.08. The fraction of sp³-hybridized carbons (Fsp3) is 0.412. The molecule has 1 N–H and O–H groups in total. The number of furan rings is 1. The topological polar surface area (TPSA) is 65.8 Å². The van der Waals surface area contributed by atoms with E-state index in [2.05, 4.69) is 22.2 Å². The highest BCUT2D eigenvalue weighted by Gasteiger charge is 2.21. The third-order valence-corrected chi connectivity index (χ3v) is 4.14. The zero-order valence-electron chi connectivity index (χ0n) is 13.5. The molecule has 3 rings (SSSR count). The van der Waals surface area contributed by atoms with E-state index in [9.17, 15) is 9.59 Å². The maximum atomic E-state index is 12.4. The SMILES string of the molecule is CC(=O)c1oc2ccccc2c1NC(=O)CN1CCN(C)CC1. The van der Waals surface area contributed by atoms with E-state index in [1.54, 1.807) is 6.07 Å². The summed E-state index contributed by atoms with van der Waals surface area (Å²) in [5.74, 6) is -0.113. The Balaban J connectivity index is 1.76. The van der Waals surface area contributed by atoms with Crippen LogP contribution in [-0.4, -0.2) is 61.3 Å². The fourth-order valence-corrected chi connectivity index (χ4v) is 2.81. The van der Waals surface area contributed by atoms with Crippen LogP contribution < -0.4 is 5.32 Å². The minimum Gasteiger partial charge on any atom is -0.451 e. The first-order chi connectivity index (χ1) is 11.0. The molecule has 122 valence electrons. The number of amides is 1.